The van der Waals surface area contributed by atoms with Crippen LogP contribution < -0.4 is 9.47 Å². The summed E-state index contributed by atoms with van der Waals surface area (Å²) in [5, 5.41) is 5.68. The minimum Gasteiger partial charge on any atom is -0.488 e. The van der Waals surface area contributed by atoms with Gasteiger partial charge in [0.25, 0.3) is 10.1 Å². The van der Waals surface area contributed by atoms with E-state index in [4.69, 9.17) is 30.4 Å². The lowest BCUT2D eigenvalue weighted by Gasteiger charge is -2.22. The number of benzene rings is 4. The molecule has 0 unspecified atom stereocenters. The lowest BCUT2D eigenvalue weighted by molar-refractivity contribution is 0.103. The summed E-state index contributed by atoms with van der Waals surface area (Å²) in [6.07, 6.45) is 0.994. The van der Waals surface area contributed by atoms with E-state index < -0.39 is 10.1 Å². The van der Waals surface area contributed by atoms with Crippen molar-refractivity contribution in [3.63, 3.8) is 0 Å². The maximum absolute atomic E-state index is 14.2. The second-order valence-corrected chi connectivity index (χ2v) is 11.7. The van der Waals surface area contributed by atoms with Crippen molar-refractivity contribution in [3.05, 3.63) is 112 Å². The summed E-state index contributed by atoms with van der Waals surface area (Å²) in [7, 11) is -3.63. The van der Waals surface area contributed by atoms with Crippen LogP contribution in [0.2, 0.25) is 5.02 Å². The third kappa shape index (κ3) is 5.44. The fourth-order valence-corrected chi connectivity index (χ4v) is 5.57. The highest BCUT2D eigenvalue weighted by atomic mass is 35.5. The highest BCUT2D eigenvalue weighted by Gasteiger charge is 2.36. The Morgan fingerprint density at radius 1 is 0.780 bits per heavy atom. The molecule has 0 saturated carbocycles. The Kier molecular flexibility index (Phi) is 7.25. The number of halogens is 1. The van der Waals surface area contributed by atoms with Crippen LogP contribution in [0.25, 0.3) is 22.2 Å². The summed E-state index contributed by atoms with van der Waals surface area (Å²) >= 11 is 6.62. The number of aromatic nitrogens is 2. The van der Waals surface area contributed by atoms with Crippen molar-refractivity contribution in [2.45, 2.75) is 19.8 Å². The summed E-state index contributed by atoms with van der Waals surface area (Å²) in [4.78, 5) is 14.2. The molecule has 0 fully saturated rings. The van der Waals surface area contributed by atoms with Crippen LogP contribution >= 0.6 is 11.6 Å². The van der Waals surface area contributed by atoms with Crippen molar-refractivity contribution in [1.29, 1.82) is 0 Å². The van der Waals surface area contributed by atoms with E-state index in [1.165, 1.54) is 0 Å². The van der Waals surface area contributed by atoms with E-state index in [-0.39, 0.29) is 37.2 Å². The van der Waals surface area contributed by atoms with Gasteiger partial charge in [0.15, 0.2) is 5.78 Å². The average molecular weight is 589 g/mol. The summed E-state index contributed by atoms with van der Waals surface area (Å²) in [5.41, 5.74) is 4.16. The van der Waals surface area contributed by atoms with Crippen LogP contribution in [-0.4, -0.2) is 36.8 Å². The molecule has 208 valence electrons. The molecule has 1 aliphatic carbocycles. The Morgan fingerprint density at radius 3 is 1.95 bits per heavy atom. The molecule has 0 amide bonds. The topological polar surface area (TPSA) is 96.7 Å². The van der Waals surface area contributed by atoms with Gasteiger partial charge in [0.2, 0.25) is 0 Å². The first-order valence-electron chi connectivity index (χ1n) is 12.9. The highest BCUT2D eigenvalue weighted by Crippen LogP contribution is 2.48. The Labute approximate surface area is 242 Å². The first-order chi connectivity index (χ1) is 19.8. The van der Waals surface area contributed by atoms with E-state index >= 15 is 0 Å². The standard InChI is InChI=1S/C31H25ClN2O6S/c1-41(36,37)40-17-16-34-23-13-12-22(32)26-27(23)30(33-34)28-24(38-18-20-8-4-2-5-9-20)14-15-25(29(28)31(26)35)39-19-21-10-6-3-7-11-21/h2-15H,16-19H2,1H3. The fraction of sp³-hybridized carbons (Fsp3) is 0.161. The van der Waals surface area contributed by atoms with Gasteiger partial charge in [0.1, 0.15) is 30.4 Å². The Morgan fingerprint density at radius 2 is 1.37 bits per heavy atom. The number of hydrogen-bond acceptors (Lipinski definition) is 7. The van der Waals surface area contributed by atoms with Gasteiger partial charge in [-0.15, -0.1) is 0 Å². The summed E-state index contributed by atoms with van der Waals surface area (Å²) in [6, 6.07) is 26.3. The van der Waals surface area contributed by atoms with Crippen LogP contribution in [0.4, 0.5) is 0 Å². The molecule has 0 aliphatic heterocycles. The van der Waals surface area contributed by atoms with Gasteiger partial charge < -0.3 is 9.47 Å². The molecule has 0 radical (unpaired) electrons. The molecule has 0 N–H and O–H groups in total. The van der Waals surface area contributed by atoms with Gasteiger partial charge in [-0.05, 0) is 35.4 Å². The van der Waals surface area contributed by atoms with Crippen LogP contribution in [0.3, 0.4) is 0 Å². The molecule has 41 heavy (non-hydrogen) atoms. The summed E-state index contributed by atoms with van der Waals surface area (Å²) in [6.45, 7) is 0.553. The third-order valence-corrected chi connectivity index (χ3v) is 7.67. The minimum absolute atomic E-state index is 0.120. The lowest BCUT2D eigenvalue weighted by Crippen LogP contribution is -2.14. The normalized spacial score (nSPS) is 12.4. The number of ether oxygens (including phenoxy) is 2. The maximum Gasteiger partial charge on any atom is 0.264 e. The molecule has 0 spiro atoms. The molecule has 1 aliphatic rings. The maximum atomic E-state index is 14.2. The van der Waals surface area contributed by atoms with Crippen LogP contribution in [0.1, 0.15) is 27.0 Å². The number of ketones is 1. The quantitative estimate of drug-likeness (QED) is 0.180. The molecule has 10 heteroatoms. The van der Waals surface area contributed by atoms with Gasteiger partial charge in [0.05, 0.1) is 46.6 Å². The van der Waals surface area contributed by atoms with Gasteiger partial charge in [-0.1, -0.05) is 72.3 Å². The molecule has 1 heterocycles. The van der Waals surface area contributed by atoms with Gasteiger partial charge >= 0.3 is 0 Å². The Hall–Kier alpha value is -4.18. The second kappa shape index (κ2) is 11.0. The Bertz CT molecular complexity index is 1870. The summed E-state index contributed by atoms with van der Waals surface area (Å²) < 4.78 is 42.2. The van der Waals surface area contributed by atoms with Gasteiger partial charge in [-0.2, -0.15) is 13.5 Å². The van der Waals surface area contributed by atoms with Crippen LogP contribution in [0, 0.1) is 0 Å². The largest absolute Gasteiger partial charge is 0.488 e. The third-order valence-electron chi connectivity index (χ3n) is 6.76. The van der Waals surface area contributed by atoms with Crippen molar-refractivity contribution >= 4 is 38.4 Å². The van der Waals surface area contributed by atoms with E-state index in [2.05, 4.69) is 0 Å². The van der Waals surface area contributed by atoms with Crippen molar-refractivity contribution in [2.24, 2.45) is 0 Å². The number of hydrogen-bond donors (Lipinski definition) is 0. The molecule has 4 aromatic carbocycles. The first kappa shape index (κ1) is 27.0. The zero-order valence-electron chi connectivity index (χ0n) is 22.0. The van der Waals surface area contributed by atoms with E-state index in [1.54, 1.807) is 28.9 Å². The van der Waals surface area contributed by atoms with Crippen molar-refractivity contribution in [1.82, 2.24) is 9.78 Å². The molecule has 5 aromatic rings. The molecular weight excluding hydrogens is 564 g/mol. The summed E-state index contributed by atoms with van der Waals surface area (Å²) in [5.74, 6) is 0.548. The smallest absolute Gasteiger partial charge is 0.264 e. The molecule has 0 bridgehead atoms. The Balaban J connectivity index is 1.48. The minimum atomic E-state index is -3.63. The van der Waals surface area contributed by atoms with E-state index in [0.29, 0.717) is 44.8 Å². The molecular formula is C31H25ClN2O6S. The van der Waals surface area contributed by atoms with E-state index in [9.17, 15) is 13.2 Å². The van der Waals surface area contributed by atoms with E-state index in [1.807, 2.05) is 60.7 Å². The van der Waals surface area contributed by atoms with Crippen molar-refractivity contribution < 1.29 is 26.9 Å². The SMILES string of the molecule is CS(=O)(=O)OCCn1nc2c3c(c(Cl)ccc31)C(=O)c1c(OCc3ccccc3)ccc(OCc3ccccc3)c1-2. The van der Waals surface area contributed by atoms with Crippen LogP contribution in [0.5, 0.6) is 11.5 Å². The number of carbonyl (C=O) groups excluding carboxylic acids is 1. The van der Waals surface area contributed by atoms with Gasteiger partial charge in [-0.25, -0.2) is 0 Å². The molecule has 0 atom stereocenters. The van der Waals surface area contributed by atoms with Gasteiger partial charge in [-0.3, -0.25) is 13.7 Å². The number of nitrogens with zero attached hydrogens (tertiary/aromatic N) is 2. The highest BCUT2D eigenvalue weighted by molar-refractivity contribution is 7.85. The predicted molar refractivity (Wildman–Crippen MR) is 156 cm³/mol. The fourth-order valence-electron chi connectivity index (χ4n) is 4.95. The zero-order valence-corrected chi connectivity index (χ0v) is 23.6. The second-order valence-electron chi connectivity index (χ2n) is 9.60. The molecule has 8 nitrogen and oxygen atoms in total. The van der Waals surface area contributed by atoms with Crippen molar-refractivity contribution in [3.8, 4) is 22.8 Å². The van der Waals surface area contributed by atoms with E-state index in [0.717, 1.165) is 17.4 Å². The van der Waals surface area contributed by atoms with Crippen LogP contribution in [-0.2, 0) is 34.1 Å². The monoisotopic (exact) mass is 588 g/mol. The average Bonchev–Trinajstić information content (AvgIpc) is 3.33. The molecule has 1 aromatic heterocycles. The number of fused-ring (bicyclic) bond motifs is 2. The molecule has 6 rings (SSSR count). The lowest BCUT2D eigenvalue weighted by atomic mass is 9.86. The molecule has 0 saturated heterocycles. The van der Waals surface area contributed by atoms with Crippen molar-refractivity contribution in [2.75, 3.05) is 12.9 Å². The van der Waals surface area contributed by atoms with Crippen LogP contribution in [0.15, 0.2) is 84.9 Å². The van der Waals surface area contributed by atoms with Gasteiger partial charge in [0, 0.05) is 5.39 Å². The first-order valence-corrected chi connectivity index (χ1v) is 15.1. The number of carbonyl (C=O) groups is 1. The predicted octanol–water partition coefficient (Wildman–Crippen LogP) is 6.04. The number of rotatable bonds is 10. The zero-order chi connectivity index (χ0) is 28.6.